The Hall–Kier alpha value is -1.06. The van der Waals surface area contributed by atoms with Crippen molar-refractivity contribution in [2.75, 3.05) is 39.3 Å². The van der Waals surface area contributed by atoms with Gasteiger partial charge in [0.1, 0.15) is 8.67 Å². The standard InChI is InChI=1S/2C20H35NO.2C18H29Cl2NO.2C18H31NO/c2*1-16(2,3)15(22)14-12-20(13-21(14)17(4,5)6)18(7,8)19(20)10-9-11-19;2*1-14(2,3)13(22)12-10-17(11-21(12)15(4,5)6)16(8-7-9-16)18(17,19)20;2*1-15(2,3)14(20)13-10-18(11-17(18)8-7-9-17)12-19(13)16(4,5)6/h2*14H,9-13H2,1-8H3;2*12H,7-11H2,1-6H3;2*13H,7-12H2,1-6H3/t14-,20+;14-,20-;12-,17+;12-,17-;13-,18+;13-,18-/m000000/s1. The van der Waals surface area contributed by atoms with Crippen LogP contribution in [0.25, 0.3) is 0 Å². The van der Waals surface area contributed by atoms with Crippen LogP contribution in [0.4, 0.5) is 0 Å². The zero-order valence-electron chi connectivity index (χ0n) is 89.7. The quantitative estimate of drug-likeness (QED) is 0.235. The lowest BCUT2D eigenvalue weighted by molar-refractivity contribution is -0.133. The van der Waals surface area contributed by atoms with E-state index < -0.39 is 8.67 Å². The van der Waals surface area contributed by atoms with Gasteiger partial charge in [-0.15, -0.1) is 46.4 Å². The Labute approximate surface area is 803 Å². The maximum Gasteiger partial charge on any atom is 0.155 e. The number of carbonyl (C=O) groups is 6. The lowest BCUT2D eigenvalue weighted by Gasteiger charge is -2.38. The van der Waals surface area contributed by atoms with Gasteiger partial charge in [-0.05, 0) is 307 Å². The number of Topliss-reactive ketones (excluding diaryl/α,β-unsaturated/α-hetero) is 6. The molecule has 18 rings (SSSR count). The lowest BCUT2D eigenvalue weighted by atomic mass is 9.72. The van der Waals surface area contributed by atoms with E-state index in [0.29, 0.717) is 88.8 Å². The van der Waals surface area contributed by atoms with Gasteiger partial charge >= 0.3 is 0 Å². The molecule has 128 heavy (non-hydrogen) atoms. The molecule has 6 aliphatic heterocycles. The molecule has 12 nitrogen and oxygen atoms in total. The molecule has 12 spiro atoms. The first-order valence-corrected chi connectivity index (χ1v) is 53.4. The first-order chi connectivity index (χ1) is 57.2. The van der Waals surface area contributed by atoms with Crippen LogP contribution in [-0.4, -0.2) is 182 Å². The Bertz CT molecular complexity index is 3840. The molecular formula is C112H190Cl4N6O6. The topological polar surface area (TPSA) is 122 Å². The summed E-state index contributed by atoms with van der Waals surface area (Å²) >= 11 is 27.2. The van der Waals surface area contributed by atoms with Crippen LogP contribution in [0.5, 0.6) is 0 Å². The van der Waals surface area contributed by atoms with Gasteiger partial charge in [-0.3, -0.25) is 58.2 Å². The number of carbonyl (C=O) groups excluding carboxylic acids is 6. The van der Waals surface area contributed by atoms with Gasteiger partial charge in [0, 0.05) is 127 Å². The first-order valence-electron chi connectivity index (χ1n) is 51.8. The third kappa shape index (κ3) is 15.4. The molecule has 0 bridgehead atoms. The van der Waals surface area contributed by atoms with Gasteiger partial charge in [0.15, 0.2) is 34.7 Å². The van der Waals surface area contributed by atoms with Gasteiger partial charge < -0.3 is 0 Å². The fourth-order valence-corrected chi connectivity index (χ4v) is 34.3. The van der Waals surface area contributed by atoms with Crippen molar-refractivity contribution < 1.29 is 28.8 Å². The Kier molecular flexibility index (Phi) is 25.0. The summed E-state index contributed by atoms with van der Waals surface area (Å²) in [6.45, 7) is 93.6. The minimum Gasteiger partial charge on any atom is -0.297 e. The largest absolute Gasteiger partial charge is 0.297 e. The van der Waals surface area contributed by atoms with Crippen LogP contribution in [0.2, 0.25) is 0 Å². The summed E-state index contributed by atoms with van der Waals surface area (Å²) in [5, 5.41) is 0. The van der Waals surface area contributed by atoms with E-state index in [1.165, 1.54) is 103 Å². The maximum absolute atomic E-state index is 13.1. The number of likely N-dealkylation sites (tertiary alicyclic amines) is 6. The molecule has 0 aromatic carbocycles. The monoisotopic (exact) mass is 1860 g/mol. The van der Waals surface area contributed by atoms with Gasteiger partial charge in [-0.1, -0.05) is 191 Å². The van der Waals surface area contributed by atoms with E-state index in [9.17, 15) is 28.8 Å². The molecule has 18 fully saturated rings. The molecule has 12 saturated carbocycles. The fourth-order valence-electron chi connectivity index (χ4n) is 31.7. The normalized spacial score (nSPS) is 36.6. The fraction of sp³-hybridized carbons (Fsp3) is 0.946. The van der Waals surface area contributed by atoms with Crippen molar-refractivity contribution in [3.8, 4) is 0 Å². The van der Waals surface area contributed by atoms with E-state index in [1.54, 1.807) is 0 Å². The molecule has 0 aromatic heterocycles. The molecule has 0 radical (unpaired) electrons. The minimum absolute atomic E-state index is 0.0491. The third-order valence-corrected chi connectivity index (χ3v) is 44.0. The summed E-state index contributed by atoms with van der Waals surface area (Å²) in [7, 11) is 0. The van der Waals surface area contributed by atoms with Crippen LogP contribution >= 0.6 is 46.4 Å². The van der Waals surface area contributed by atoms with E-state index in [-0.39, 0.29) is 124 Å². The molecule has 0 N–H and O–H groups in total. The van der Waals surface area contributed by atoms with E-state index >= 15 is 0 Å². The first kappa shape index (κ1) is 104. The number of rotatable bonds is 6. The predicted octanol–water partition coefficient (Wildman–Crippen LogP) is 27.0. The molecule has 0 amide bonds. The zero-order chi connectivity index (χ0) is 97.0. The van der Waals surface area contributed by atoms with Crippen molar-refractivity contribution in [3.05, 3.63) is 0 Å². The highest BCUT2D eigenvalue weighted by Crippen LogP contribution is 2.92. The van der Waals surface area contributed by atoms with Crippen LogP contribution in [0, 0.1) is 108 Å². The number of ketones is 6. The summed E-state index contributed by atoms with van der Waals surface area (Å²) in [5.41, 5.74) is 3.55. The molecule has 732 valence electrons. The number of nitrogens with zero attached hydrogens (tertiary/aromatic N) is 6. The molecule has 6 heterocycles. The summed E-state index contributed by atoms with van der Waals surface area (Å²) in [5.74, 6) is 2.43. The summed E-state index contributed by atoms with van der Waals surface area (Å²) in [6.07, 6.45) is 32.6. The molecule has 6 saturated heterocycles. The van der Waals surface area contributed by atoms with Crippen LogP contribution in [-0.2, 0) is 28.8 Å². The van der Waals surface area contributed by atoms with Crippen molar-refractivity contribution in [1.82, 2.24) is 29.4 Å². The molecule has 12 aliphatic carbocycles. The zero-order valence-corrected chi connectivity index (χ0v) is 92.8. The smallest absolute Gasteiger partial charge is 0.155 e. The van der Waals surface area contributed by atoms with E-state index in [0.717, 1.165) is 103 Å². The Morgan fingerprint density at radius 3 is 0.508 bits per heavy atom. The van der Waals surface area contributed by atoms with Gasteiger partial charge in [0.05, 0.1) is 36.3 Å². The van der Waals surface area contributed by atoms with Gasteiger partial charge in [0.2, 0.25) is 0 Å². The van der Waals surface area contributed by atoms with Gasteiger partial charge in [-0.25, -0.2) is 0 Å². The third-order valence-electron chi connectivity index (χ3n) is 41.1. The molecule has 18 aliphatic rings. The second-order valence-corrected chi connectivity index (χ2v) is 63.1. The summed E-state index contributed by atoms with van der Waals surface area (Å²) in [4.78, 5) is 93.0. The van der Waals surface area contributed by atoms with Crippen molar-refractivity contribution in [2.24, 2.45) is 108 Å². The number of hydrogen-bond donors (Lipinski definition) is 0. The number of hydrogen-bond acceptors (Lipinski definition) is 12. The average Bonchev–Trinajstić information content (AvgIpc) is 1.46. The Morgan fingerprint density at radius 1 is 0.211 bits per heavy atom. The van der Waals surface area contributed by atoms with Gasteiger partial charge in [0.25, 0.3) is 0 Å². The molecular weight excluding hydrogens is 1670 g/mol. The van der Waals surface area contributed by atoms with E-state index in [2.05, 4.69) is 265 Å². The van der Waals surface area contributed by atoms with Crippen LogP contribution in [0.15, 0.2) is 0 Å². The lowest BCUT2D eigenvalue weighted by Crippen LogP contribution is -2.50. The SMILES string of the molecule is CC(C)(C)C(=O)[C@@H]1C[C@@]2(CN1C(C)(C)C)C(C)(C)C21CCC1.CC(C)(C)C(=O)[C@@H]1C[C@@]2(CN1C(C)(C)C)C(Cl)(Cl)C21CCC1.CC(C)(C)C(=O)[C@@H]1C[C@@]2(CN1C(C)(C)C)CC21CCC1.CC(C)(C)C(=O)[C@@H]1C[C@]2(CN1C(C)(C)C)C(C)(C)C21CCC1.CC(C)(C)C(=O)[C@@H]1C[C@]2(CN1C(C)(C)C)C(Cl)(Cl)C21CCC1.CC(C)(C)C(=O)[C@@H]1C[C@]2(CN1C(C)(C)C)CC21CCC1. The second kappa shape index (κ2) is 30.7. The van der Waals surface area contributed by atoms with Crippen LogP contribution < -0.4 is 0 Å². The van der Waals surface area contributed by atoms with Crippen molar-refractivity contribution in [2.45, 2.75) is 522 Å². The molecule has 16 heteroatoms. The summed E-state index contributed by atoms with van der Waals surface area (Å²) in [6, 6.07) is 0.400. The van der Waals surface area contributed by atoms with Crippen molar-refractivity contribution in [3.63, 3.8) is 0 Å². The van der Waals surface area contributed by atoms with Crippen molar-refractivity contribution >= 4 is 81.1 Å². The number of alkyl halides is 4. The second-order valence-electron chi connectivity index (χ2n) is 60.4. The van der Waals surface area contributed by atoms with Crippen LogP contribution in [0.1, 0.15) is 444 Å². The van der Waals surface area contributed by atoms with Crippen LogP contribution in [0.3, 0.4) is 0 Å². The Balaban J connectivity index is 0.000000131. The number of halogens is 4. The minimum atomic E-state index is -0.644. The number of fused-ring (bicyclic) bond motifs is 6. The molecule has 0 aromatic rings. The molecule has 12 atom stereocenters. The highest BCUT2D eigenvalue weighted by Gasteiger charge is 2.92. The average molecular weight is 1860 g/mol. The highest BCUT2D eigenvalue weighted by molar-refractivity contribution is 6.53. The van der Waals surface area contributed by atoms with Gasteiger partial charge in [-0.2, -0.15) is 0 Å². The molecule has 0 unspecified atom stereocenters. The Morgan fingerprint density at radius 2 is 0.375 bits per heavy atom. The summed E-state index contributed by atoms with van der Waals surface area (Å²) < 4.78 is -1.29. The maximum atomic E-state index is 13.1. The van der Waals surface area contributed by atoms with E-state index in [4.69, 9.17) is 46.4 Å². The van der Waals surface area contributed by atoms with E-state index in [1.807, 2.05) is 41.5 Å². The predicted molar refractivity (Wildman–Crippen MR) is 534 cm³/mol. The van der Waals surface area contributed by atoms with Crippen molar-refractivity contribution in [1.29, 1.82) is 0 Å². The highest BCUT2D eigenvalue weighted by atomic mass is 35.5.